The van der Waals surface area contributed by atoms with Crippen LogP contribution in [0.2, 0.25) is 0 Å². The van der Waals surface area contributed by atoms with Crippen LogP contribution in [-0.2, 0) is 0 Å². The Morgan fingerprint density at radius 3 is 2.52 bits per heavy atom. The van der Waals surface area contributed by atoms with Gasteiger partial charge in [-0.3, -0.25) is 9.78 Å². The Morgan fingerprint density at radius 2 is 1.83 bits per heavy atom. The largest absolute Gasteiger partial charge is 0.481 e. The molecular formula is C18H15N3O2. The second-order valence-corrected chi connectivity index (χ2v) is 4.84. The molecular weight excluding hydrogens is 290 g/mol. The number of carbonyl (C=O) groups is 1. The van der Waals surface area contributed by atoms with Crippen molar-refractivity contribution in [3.05, 3.63) is 72.7 Å². The number of hydrogen-bond acceptors (Lipinski definition) is 4. The molecule has 0 bridgehead atoms. The van der Waals surface area contributed by atoms with Crippen LogP contribution in [-0.4, -0.2) is 23.0 Å². The summed E-state index contributed by atoms with van der Waals surface area (Å²) < 4.78 is 4.99. The van der Waals surface area contributed by atoms with Crippen molar-refractivity contribution in [3.63, 3.8) is 0 Å². The van der Waals surface area contributed by atoms with Crippen LogP contribution in [0.5, 0.6) is 5.88 Å². The van der Waals surface area contributed by atoms with Gasteiger partial charge < -0.3 is 10.1 Å². The average molecular weight is 305 g/mol. The lowest BCUT2D eigenvalue weighted by Crippen LogP contribution is -2.13. The van der Waals surface area contributed by atoms with Crippen LogP contribution in [0.25, 0.3) is 11.1 Å². The van der Waals surface area contributed by atoms with Gasteiger partial charge >= 0.3 is 0 Å². The Bertz CT molecular complexity index is 802. The molecule has 23 heavy (non-hydrogen) atoms. The number of aromatic nitrogens is 2. The molecule has 0 aliphatic carbocycles. The third-order valence-corrected chi connectivity index (χ3v) is 3.30. The number of pyridine rings is 2. The predicted molar refractivity (Wildman–Crippen MR) is 88.4 cm³/mol. The minimum atomic E-state index is -0.283. The van der Waals surface area contributed by atoms with E-state index in [2.05, 4.69) is 15.3 Å². The summed E-state index contributed by atoms with van der Waals surface area (Å²) in [6, 6.07) is 16.9. The monoisotopic (exact) mass is 305 g/mol. The van der Waals surface area contributed by atoms with Gasteiger partial charge in [0.1, 0.15) is 5.69 Å². The van der Waals surface area contributed by atoms with Crippen LogP contribution < -0.4 is 10.1 Å². The number of anilines is 1. The fourth-order valence-corrected chi connectivity index (χ4v) is 2.13. The quantitative estimate of drug-likeness (QED) is 0.802. The molecule has 114 valence electrons. The number of hydrogen-bond donors (Lipinski definition) is 1. The number of methoxy groups -OCH3 is 1. The lowest BCUT2D eigenvalue weighted by atomic mass is 10.1. The molecule has 1 aromatic carbocycles. The third kappa shape index (κ3) is 3.52. The van der Waals surface area contributed by atoms with Gasteiger partial charge in [-0.25, -0.2) is 4.98 Å². The van der Waals surface area contributed by atoms with E-state index >= 15 is 0 Å². The zero-order chi connectivity index (χ0) is 16.1. The van der Waals surface area contributed by atoms with Crippen LogP contribution in [0.15, 0.2) is 67.0 Å². The Labute approximate surface area is 134 Å². The minimum Gasteiger partial charge on any atom is -0.481 e. The maximum Gasteiger partial charge on any atom is 0.274 e. The van der Waals surface area contributed by atoms with Crippen LogP contribution in [0.4, 0.5) is 5.69 Å². The first-order valence-corrected chi connectivity index (χ1v) is 7.09. The second kappa shape index (κ2) is 6.70. The number of benzene rings is 1. The summed E-state index contributed by atoms with van der Waals surface area (Å²) in [5.41, 5.74) is 2.92. The summed E-state index contributed by atoms with van der Waals surface area (Å²) in [6.07, 6.45) is 3.17. The van der Waals surface area contributed by atoms with E-state index in [0.29, 0.717) is 17.3 Å². The summed E-state index contributed by atoms with van der Waals surface area (Å²) in [4.78, 5) is 20.5. The molecule has 0 fully saturated rings. The normalized spacial score (nSPS) is 10.1. The molecule has 2 heterocycles. The molecule has 0 spiro atoms. The van der Waals surface area contributed by atoms with Gasteiger partial charge in [0.05, 0.1) is 19.0 Å². The Hall–Kier alpha value is -3.21. The molecule has 5 heteroatoms. The molecule has 3 rings (SSSR count). The molecule has 0 aliphatic rings. The van der Waals surface area contributed by atoms with Crippen molar-refractivity contribution < 1.29 is 9.53 Å². The number of ether oxygens (including phenoxy) is 1. The Balaban J connectivity index is 1.79. The summed E-state index contributed by atoms with van der Waals surface area (Å²) in [6.45, 7) is 0. The number of rotatable bonds is 4. The molecule has 3 aromatic rings. The van der Waals surface area contributed by atoms with Crippen molar-refractivity contribution in [2.75, 3.05) is 12.4 Å². The molecule has 0 atom stereocenters. The van der Waals surface area contributed by atoms with E-state index in [0.717, 1.165) is 11.1 Å². The van der Waals surface area contributed by atoms with E-state index in [9.17, 15) is 4.79 Å². The fourth-order valence-electron chi connectivity index (χ4n) is 2.13. The Kier molecular flexibility index (Phi) is 4.29. The van der Waals surface area contributed by atoms with Crippen molar-refractivity contribution in [1.82, 2.24) is 9.97 Å². The SMILES string of the molecule is COc1ccc(NC(=O)c2cc(-c3ccccc3)ccn2)cn1. The molecule has 0 radical (unpaired) electrons. The van der Waals surface area contributed by atoms with Crippen LogP contribution in [0, 0.1) is 0 Å². The zero-order valence-corrected chi connectivity index (χ0v) is 12.6. The van der Waals surface area contributed by atoms with E-state index in [1.807, 2.05) is 36.4 Å². The highest BCUT2D eigenvalue weighted by atomic mass is 16.5. The van der Waals surface area contributed by atoms with Gasteiger partial charge in [-0.1, -0.05) is 30.3 Å². The van der Waals surface area contributed by atoms with Crippen LogP contribution in [0.1, 0.15) is 10.5 Å². The van der Waals surface area contributed by atoms with Crippen molar-refractivity contribution in [1.29, 1.82) is 0 Å². The highest BCUT2D eigenvalue weighted by Crippen LogP contribution is 2.19. The van der Waals surface area contributed by atoms with E-state index in [1.165, 1.54) is 6.20 Å². The minimum absolute atomic E-state index is 0.283. The first-order valence-electron chi connectivity index (χ1n) is 7.09. The van der Waals surface area contributed by atoms with Crippen LogP contribution in [0.3, 0.4) is 0 Å². The highest BCUT2D eigenvalue weighted by molar-refractivity contribution is 6.03. The number of nitrogens with one attached hydrogen (secondary N) is 1. The van der Waals surface area contributed by atoms with Gasteiger partial charge in [-0.15, -0.1) is 0 Å². The first kappa shape index (κ1) is 14.7. The van der Waals surface area contributed by atoms with E-state index in [4.69, 9.17) is 4.74 Å². The molecule has 2 aromatic heterocycles. The molecule has 1 N–H and O–H groups in total. The molecule has 1 amide bonds. The average Bonchev–Trinajstić information content (AvgIpc) is 2.63. The molecule has 0 unspecified atom stereocenters. The number of amides is 1. The standard InChI is InChI=1S/C18H15N3O2/c1-23-17-8-7-15(12-20-17)21-18(22)16-11-14(9-10-19-16)13-5-3-2-4-6-13/h2-12H,1H3,(H,21,22). The molecule has 0 saturated carbocycles. The summed E-state index contributed by atoms with van der Waals surface area (Å²) in [5, 5.41) is 2.77. The summed E-state index contributed by atoms with van der Waals surface area (Å²) >= 11 is 0. The van der Waals surface area contributed by atoms with Gasteiger partial charge in [-0.05, 0) is 29.3 Å². The lowest BCUT2D eigenvalue weighted by Gasteiger charge is -2.07. The van der Waals surface area contributed by atoms with Gasteiger partial charge in [0, 0.05) is 12.3 Å². The van der Waals surface area contributed by atoms with Gasteiger partial charge in [-0.2, -0.15) is 0 Å². The first-order chi connectivity index (χ1) is 11.3. The topological polar surface area (TPSA) is 64.1 Å². The van der Waals surface area contributed by atoms with E-state index in [1.54, 1.807) is 31.5 Å². The van der Waals surface area contributed by atoms with Gasteiger partial charge in [0.2, 0.25) is 5.88 Å². The van der Waals surface area contributed by atoms with Crippen molar-refractivity contribution in [2.24, 2.45) is 0 Å². The highest BCUT2D eigenvalue weighted by Gasteiger charge is 2.09. The number of nitrogens with zero attached hydrogens (tertiary/aromatic N) is 2. The maximum atomic E-state index is 12.3. The zero-order valence-electron chi connectivity index (χ0n) is 12.6. The molecule has 5 nitrogen and oxygen atoms in total. The van der Waals surface area contributed by atoms with Crippen molar-refractivity contribution >= 4 is 11.6 Å². The van der Waals surface area contributed by atoms with Crippen LogP contribution >= 0.6 is 0 Å². The predicted octanol–water partition coefficient (Wildman–Crippen LogP) is 3.40. The Morgan fingerprint density at radius 1 is 1.00 bits per heavy atom. The van der Waals surface area contributed by atoms with Crippen molar-refractivity contribution in [3.8, 4) is 17.0 Å². The second-order valence-electron chi connectivity index (χ2n) is 4.84. The van der Waals surface area contributed by atoms with Crippen molar-refractivity contribution in [2.45, 2.75) is 0 Å². The third-order valence-electron chi connectivity index (χ3n) is 3.30. The molecule has 0 saturated heterocycles. The molecule has 0 aliphatic heterocycles. The smallest absolute Gasteiger partial charge is 0.274 e. The van der Waals surface area contributed by atoms with E-state index in [-0.39, 0.29) is 5.91 Å². The number of carbonyl (C=O) groups excluding carboxylic acids is 1. The lowest BCUT2D eigenvalue weighted by molar-refractivity contribution is 0.102. The van der Waals surface area contributed by atoms with Gasteiger partial charge in [0.15, 0.2) is 0 Å². The fraction of sp³-hybridized carbons (Fsp3) is 0.0556. The van der Waals surface area contributed by atoms with E-state index < -0.39 is 0 Å². The summed E-state index contributed by atoms with van der Waals surface area (Å²) in [7, 11) is 1.54. The van der Waals surface area contributed by atoms with Gasteiger partial charge in [0.25, 0.3) is 5.91 Å². The maximum absolute atomic E-state index is 12.3. The summed E-state index contributed by atoms with van der Waals surface area (Å²) in [5.74, 6) is 0.210.